The zero-order valence-electron chi connectivity index (χ0n) is 11.5. The summed E-state index contributed by atoms with van der Waals surface area (Å²) in [6, 6.07) is 11.0. The van der Waals surface area contributed by atoms with Gasteiger partial charge >= 0.3 is 0 Å². The van der Waals surface area contributed by atoms with Crippen molar-refractivity contribution in [1.29, 1.82) is 0 Å². The number of methoxy groups -OCH3 is 1. The van der Waals surface area contributed by atoms with Crippen molar-refractivity contribution in [3.8, 4) is 11.6 Å². The van der Waals surface area contributed by atoms with E-state index in [4.69, 9.17) is 26.8 Å². The van der Waals surface area contributed by atoms with E-state index in [-0.39, 0.29) is 6.04 Å². The zero-order chi connectivity index (χ0) is 14.5. The SMILES string of the molecule is COc1cccc(COc2ccc([C@H](C)N)cc2Cl)n1. The summed E-state index contributed by atoms with van der Waals surface area (Å²) in [6.45, 7) is 2.24. The molecule has 4 nitrogen and oxygen atoms in total. The van der Waals surface area contributed by atoms with Crippen LogP contribution in [0, 0.1) is 0 Å². The average molecular weight is 293 g/mol. The summed E-state index contributed by atoms with van der Waals surface area (Å²) in [4.78, 5) is 4.27. The van der Waals surface area contributed by atoms with Gasteiger partial charge in [-0.15, -0.1) is 0 Å². The molecule has 1 atom stereocenters. The third-order valence-electron chi connectivity index (χ3n) is 2.85. The smallest absolute Gasteiger partial charge is 0.213 e. The summed E-state index contributed by atoms with van der Waals surface area (Å²) >= 11 is 6.17. The first-order valence-electron chi connectivity index (χ1n) is 6.28. The normalized spacial score (nSPS) is 12.0. The molecule has 2 aromatic rings. The molecule has 1 heterocycles. The van der Waals surface area contributed by atoms with Crippen molar-refractivity contribution in [1.82, 2.24) is 4.98 Å². The summed E-state index contributed by atoms with van der Waals surface area (Å²) in [5, 5.41) is 0.544. The van der Waals surface area contributed by atoms with Crippen molar-refractivity contribution in [2.45, 2.75) is 19.6 Å². The topological polar surface area (TPSA) is 57.4 Å². The molecule has 0 saturated heterocycles. The number of nitrogens with two attached hydrogens (primary N) is 1. The van der Waals surface area contributed by atoms with E-state index in [1.165, 1.54) is 0 Å². The number of rotatable bonds is 5. The molecule has 0 unspecified atom stereocenters. The molecular weight excluding hydrogens is 276 g/mol. The highest BCUT2D eigenvalue weighted by Crippen LogP contribution is 2.28. The molecule has 0 bridgehead atoms. The van der Waals surface area contributed by atoms with Gasteiger partial charge in [0.1, 0.15) is 12.4 Å². The van der Waals surface area contributed by atoms with Crippen molar-refractivity contribution >= 4 is 11.6 Å². The molecule has 0 aliphatic rings. The molecule has 2 rings (SSSR count). The molecule has 0 saturated carbocycles. The summed E-state index contributed by atoms with van der Waals surface area (Å²) in [7, 11) is 1.58. The van der Waals surface area contributed by atoms with Crippen LogP contribution < -0.4 is 15.2 Å². The number of pyridine rings is 1. The Kier molecular flexibility index (Phi) is 4.82. The molecule has 0 spiro atoms. The van der Waals surface area contributed by atoms with E-state index in [1.807, 2.05) is 37.3 Å². The Bertz CT molecular complexity index is 588. The minimum Gasteiger partial charge on any atom is -0.486 e. The number of nitrogens with zero attached hydrogens (tertiary/aromatic N) is 1. The van der Waals surface area contributed by atoms with Crippen LogP contribution in [0.4, 0.5) is 0 Å². The van der Waals surface area contributed by atoms with Crippen molar-refractivity contribution in [3.63, 3.8) is 0 Å². The van der Waals surface area contributed by atoms with E-state index in [9.17, 15) is 0 Å². The fraction of sp³-hybridized carbons (Fsp3) is 0.267. The summed E-state index contributed by atoms with van der Waals surface area (Å²) in [5.41, 5.74) is 7.55. The summed E-state index contributed by atoms with van der Waals surface area (Å²) < 4.78 is 10.7. The number of hydrogen-bond acceptors (Lipinski definition) is 4. The molecular formula is C15H17ClN2O2. The zero-order valence-corrected chi connectivity index (χ0v) is 12.2. The van der Waals surface area contributed by atoms with Crippen LogP contribution in [0.1, 0.15) is 24.2 Å². The monoisotopic (exact) mass is 292 g/mol. The predicted octanol–water partition coefficient (Wildman–Crippen LogP) is 3.34. The molecule has 106 valence electrons. The third-order valence-corrected chi connectivity index (χ3v) is 3.14. The Morgan fingerprint density at radius 2 is 2.10 bits per heavy atom. The second kappa shape index (κ2) is 6.59. The van der Waals surface area contributed by atoms with Crippen molar-refractivity contribution < 1.29 is 9.47 Å². The van der Waals surface area contributed by atoms with Crippen molar-refractivity contribution in [3.05, 3.63) is 52.7 Å². The third kappa shape index (κ3) is 3.62. The van der Waals surface area contributed by atoms with E-state index < -0.39 is 0 Å². The molecule has 0 radical (unpaired) electrons. The molecule has 0 aliphatic heterocycles. The van der Waals surface area contributed by atoms with Gasteiger partial charge in [-0.25, -0.2) is 4.98 Å². The Labute approximate surface area is 123 Å². The van der Waals surface area contributed by atoms with Gasteiger partial charge in [0.05, 0.1) is 17.8 Å². The van der Waals surface area contributed by atoms with Crippen LogP contribution in [0.5, 0.6) is 11.6 Å². The molecule has 1 aromatic carbocycles. The van der Waals surface area contributed by atoms with E-state index in [0.29, 0.717) is 23.3 Å². The van der Waals surface area contributed by atoms with Crippen LogP contribution in [-0.2, 0) is 6.61 Å². The highest BCUT2D eigenvalue weighted by Gasteiger charge is 2.07. The second-order valence-corrected chi connectivity index (χ2v) is 4.85. The Balaban J connectivity index is 2.07. The summed E-state index contributed by atoms with van der Waals surface area (Å²) in [5.74, 6) is 1.17. The molecule has 2 N–H and O–H groups in total. The maximum atomic E-state index is 6.17. The highest BCUT2D eigenvalue weighted by atomic mass is 35.5. The molecule has 5 heteroatoms. The van der Waals surface area contributed by atoms with Crippen LogP contribution in [0.25, 0.3) is 0 Å². The van der Waals surface area contributed by atoms with E-state index in [2.05, 4.69) is 4.98 Å². The average Bonchev–Trinajstić information content (AvgIpc) is 2.46. The quantitative estimate of drug-likeness (QED) is 0.918. The largest absolute Gasteiger partial charge is 0.486 e. The van der Waals surface area contributed by atoms with E-state index >= 15 is 0 Å². The van der Waals surface area contributed by atoms with Gasteiger partial charge in [-0.2, -0.15) is 0 Å². The number of hydrogen-bond donors (Lipinski definition) is 1. The lowest BCUT2D eigenvalue weighted by Gasteiger charge is -2.11. The lowest BCUT2D eigenvalue weighted by molar-refractivity contribution is 0.298. The first-order valence-corrected chi connectivity index (χ1v) is 6.65. The predicted molar refractivity (Wildman–Crippen MR) is 79.2 cm³/mol. The van der Waals surface area contributed by atoms with Crippen LogP contribution >= 0.6 is 11.6 Å². The minimum absolute atomic E-state index is 0.0541. The number of aromatic nitrogens is 1. The molecule has 1 aromatic heterocycles. The molecule has 0 amide bonds. The number of halogens is 1. The molecule has 0 aliphatic carbocycles. The lowest BCUT2D eigenvalue weighted by Crippen LogP contribution is -2.05. The summed E-state index contributed by atoms with van der Waals surface area (Å²) in [6.07, 6.45) is 0. The standard InChI is InChI=1S/C15H17ClN2O2/c1-10(17)11-6-7-14(13(16)8-11)20-9-12-4-3-5-15(18-12)19-2/h3-8,10H,9,17H2,1-2H3/t10-/m0/s1. The van der Waals surface area contributed by atoms with Crippen LogP contribution in [-0.4, -0.2) is 12.1 Å². The van der Waals surface area contributed by atoms with Gasteiger partial charge in [0.25, 0.3) is 0 Å². The van der Waals surface area contributed by atoms with Gasteiger partial charge in [0.2, 0.25) is 5.88 Å². The second-order valence-electron chi connectivity index (χ2n) is 4.44. The minimum atomic E-state index is -0.0541. The van der Waals surface area contributed by atoms with Gasteiger partial charge < -0.3 is 15.2 Å². The van der Waals surface area contributed by atoms with Gasteiger partial charge in [0, 0.05) is 12.1 Å². The maximum absolute atomic E-state index is 6.17. The highest BCUT2D eigenvalue weighted by molar-refractivity contribution is 6.32. The molecule has 0 fully saturated rings. The van der Waals surface area contributed by atoms with Gasteiger partial charge in [-0.05, 0) is 30.7 Å². The Hall–Kier alpha value is -1.78. The number of ether oxygens (including phenoxy) is 2. The number of benzene rings is 1. The Morgan fingerprint density at radius 3 is 2.75 bits per heavy atom. The first kappa shape index (κ1) is 14.6. The lowest BCUT2D eigenvalue weighted by atomic mass is 10.1. The van der Waals surface area contributed by atoms with E-state index in [0.717, 1.165) is 11.3 Å². The van der Waals surface area contributed by atoms with E-state index in [1.54, 1.807) is 13.2 Å². The van der Waals surface area contributed by atoms with Gasteiger partial charge in [0.15, 0.2) is 0 Å². The van der Waals surface area contributed by atoms with Crippen LogP contribution in [0.15, 0.2) is 36.4 Å². The first-order chi connectivity index (χ1) is 9.60. The van der Waals surface area contributed by atoms with Crippen LogP contribution in [0.2, 0.25) is 5.02 Å². The van der Waals surface area contributed by atoms with Crippen LogP contribution in [0.3, 0.4) is 0 Å². The van der Waals surface area contributed by atoms with Crippen molar-refractivity contribution in [2.75, 3.05) is 7.11 Å². The Morgan fingerprint density at radius 1 is 1.30 bits per heavy atom. The van der Waals surface area contributed by atoms with Crippen molar-refractivity contribution in [2.24, 2.45) is 5.73 Å². The fourth-order valence-corrected chi connectivity index (χ4v) is 1.96. The van der Waals surface area contributed by atoms with Gasteiger partial charge in [-0.1, -0.05) is 23.7 Å². The van der Waals surface area contributed by atoms with Gasteiger partial charge in [-0.3, -0.25) is 0 Å². The molecule has 20 heavy (non-hydrogen) atoms. The maximum Gasteiger partial charge on any atom is 0.213 e. The fourth-order valence-electron chi connectivity index (χ4n) is 1.72.